The zero-order valence-corrected chi connectivity index (χ0v) is 8.92. The van der Waals surface area contributed by atoms with Crippen LogP contribution in [0.4, 0.5) is 13.2 Å². The van der Waals surface area contributed by atoms with Crippen molar-refractivity contribution in [3.63, 3.8) is 0 Å². The van der Waals surface area contributed by atoms with Gasteiger partial charge in [-0.3, -0.25) is 0 Å². The SMILES string of the molecule is FC(F)(F)c1ccccc1CNC1=NCCO1. The van der Waals surface area contributed by atoms with E-state index in [0.29, 0.717) is 19.2 Å². The summed E-state index contributed by atoms with van der Waals surface area (Å²) in [5, 5.41) is 2.74. The molecule has 1 aromatic rings. The topological polar surface area (TPSA) is 33.6 Å². The van der Waals surface area contributed by atoms with Gasteiger partial charge in [0.15, 0.2) is 0 Å². The summed E-state index contributed by atoms with van der Waals surface area (Å²) in [6.07, 6.45) is -4.34. The Morgan fingerprint density at radius 3 is 2.71 bits per heavy atom. The van der Waals surface area contributed by atoms with Crippen LogP contribution < -0.4 is 5.32 Å². The number of halogens is 3. The molecule has 0 amide bonds. The van der Waals surface area contributed by atoms with Crippen LogP contribution in [0.5, 0.6) is 0 Å². The fourth-order valence-electron chi connectivity index (χ4n) is 1.56. The average Bonchev–Trinajstić information content (AvgIpc) is 2.78. The summed E-state index contributed by atoms with van der Waals surface area (Å²) in [5.74, 6) is 0. The Hall–Kier alpha value is -1.72. The molecule has 0 aromatic heterocycles. The molecule has 1 aliphatic heterocycles. The zero-order valence-electron chi connectivity index (χ0n) is 8.92. The third-order valence-electron chi connectivity index (χ3n) is 2.34. The minimum absolute atomic E-state index is 0.0501. The molecule has 0 spiro atoms. The minimum Gasteiger partial charge on any atom is -0.463 e. The van der Waals surface area contributed by atoms with Crippen LogP contribution in [0.2, 0.25) is 0 Å². The van der Waals surface area contributed by atoms with Crippen LogP contribution in [-0.4, -0.2) is 19.2 Å². The highest BCUT2D eigenvalue weighted by molar-refractivity contribution is 5.74. The van der Waals surface area contributed by atoms with Gasteiger partial charge < -0.3 is 10.1 Å². The summed E-state index contributed by atoms with van der Waals surface area (Å²) in [6.45, 7) is 1.07. The first-order chi connectivity index (χ1) is 8.07. The van der Waals surface area contributed by atoms with E-state index >= 15 is 0 Å². The first-order valence-electron chi connectivity index (χ1n) is 5.13. The first-order valence-corrected chi connectivity index (χ1v) is 5.13. The summed E-state index contributed by atoms with van der Waals surface area (Å²) >= 11 is 0. The van der Waals surface area contributed by atoms with Crippen LogP contribution in [0, 0.1) is 0 Å². The highest BCUT2D eigenvalue weighted by Gasteiger charge is 2.32. The van der Waals surface area contributed by atoms with Crippen molar-refractivity contribution in [2.75, 3.05) is 13.2 Å². The standard InChI is InChI=1S/C11H11F3N2O/c12-11(13,14)9-4-2-1-3-8(9)7-16-10-15-5-6-17-10/h1-4H,5-7H2,(H,15,16). The lowest BCUT2D eigenvalue weighted by atomic mass is 10.1. The smallest absolute Gasteiger partial charge is 0.416 e. The second-order valence-corrected chi connectivity index (χ2v) is 3.54. The van der Waals surface area contributed by atoms with Crippen molar-refractivity contribution >= 4 is 6.02 Å². The van der Waals surface area contributed by atoms with Crippen LogP contribution in [0.15, 0.2) is 29.3 Å². The van der Waals surface area contributed by atoms with Crippen molar-refractivity contribution in [1.82, 2.24) is 5.32 Å². The third-order valence-corrected chi connectivity index (χ3v) is 2.34. The van der Waals surface area contributed by atoms with Crippen LogP contribution in [-0.2, 0) is 17.5 Å². The number of rotatable bonds is 2. The number of amidine groups is 1. The molecular formula is C11H11F3N2O. The Balaban J connectivity index is 2.09. The van der Waals surface area contributed by atoms with E-state index in [1.165, 1.54) is 12.1 Å². The maximum absolute atomic E-state index is 12.7. The molecule has 1 heterocycles. The van der Waals surface area contributed by atoms with E-state index in [0.717, 1.165) is 6.07 Å². The molecule has 92 valence electrons. The summed E-state index contributed by atoms with van der Waals surface area (Å²) < 4.78 is 43.0. The molecule has 0 radical (unpaired) electrons. The van der Waals surface area contributed by atoms with Crippen LogP contribution in [0.3, 0.4) is 0 Å². The second-order valence-electron chi connectivity index (χ2n) is 3.54. The summed E-state index contributed by atoms with van der Waals surface area (Å²) in [7, 11) is 0. The number of nitrogens with zero attached hydrogens (tertiary/aromatic N) is 1. The zero-order chi connectivity index (χ0) is 12.3. The van der Waals surface area contributed by atoms with E-state index < -0.39 is 11.7 Å². The first kappa shape index (κ1) is 11.8. The quantitative estimate of drug-likeness (QED) is 0.865. The lowest BCUT2D eigenvalue weighted by Gasteiger charge is -2.13. The number of benzene rings is 1. The number of nitrogens with one attached hydrogen (secondary N) is 1. The molecule has 1 aromatic carbocycles. The predicted octanol–water partition coefficient (Wildman–Crippen LogP) is 2.18. The Bertz CT molecular complexity index is 429. The van der Waals surface area contributed by atoms with Crippen molar-refractivity contribution in [1.29, 1.82) is 0 Å². The molecule has 6 heteroatoms. The summed E-state index contributed by atoms with van der Waals surface area (Å²) in [5.41, 5.74) is -0.454. The van der Waals surface area contributed by atoms with Gasteiger partial charge in [-0.05, 0) is 11.6 Å². The van der Waals surface area contributed by atoms with Crippen LogP contribution in [0.1, 0.15) is 11.1 Å². The molecule has 3 nitrogen and oxygen atoms in total. The monoisotopic (exact) mass is 244 g/mol. The Labute approximate surface area is 96.3 Å². The van der Waals surface area contributed by atoms with Crippen molar-refractivity contribution in [2.45, 2.75) is 12.7 Å². The van der Waals surface area contributed by atoms with Crippen LogP contribution >= 0.6 is 0 Å². The van der Waals surface area contributed by atoms with E-state index in [1.54, 1.807) is 6.07 Å². The molecule has 1 aliphatic rings. The second kappa shape index (κ2) is 4.65. The molecule has 0 aliphatic carbocycles. The van der Waals surface area contributed by atoms with E-state index in [4.69, 9.17) is 4.74 Å². The predicted molar refractivity (Wildman–Crippen MR) is 56.5 cm³/mol. The van der Waals surface area contributed by atoms with Crippen molar-refractivity contribution in [3.05, 3.63) is 35.4 Å². The number of hydrogen-bond acceptors (Lipinski definition) is 3. The number of ether oxygens (including phenoxy) is 1. The summed E-state index contributed by atoms with van der Waals surface area (Å²) in [4.78, 5) is 3.94. The highest BCUT2D eigenvalue weighted by Crippen LogP contribution is 2.31. The molecule has 0 fully saturated rings. The van der Waals surface area contributed by atoms with Gasteiger partial charge >= 0.3 is 6.18 Å². The lowest BCUT2D eigenvalue weighted by Crippen LogP contribution is -2.24. The van der Waals surface area contributed by atoms with Gasteiger partial charge in [0, 0.05) is 6.54 Å². The molecule has 2 rings (SSSR count). The van der Waals surface area contributed by atoms with Crippen molar-refractivity contribution < 1.29 is 17.9 Å². The molecule has 17 heavy (non-hydrogen) atoms. The van der Waals surface area contributed by atoms with Crippen molar-refractivity contribution in [3.8, 4) is 0 Å². The number of alkyl halides is 3. The van der Waals surface area contributed by atoms with Crippen molar-refractivity contribution in [2.24, 2.45) is 4.99 Å². The van der Waals surface area contributed by atoms with E-state index in [9.17, 15) is 13.2 Å². The van der Waals surface area contributed by atoms with Gasteiger partial charge in [-0.2, -0.15) is 13.2 Å². The molecule has 0 saturated carbocycles. The molecule has 1 N–H and O–H groups in total. The molecule has 0 unspecified atom stereocenters. The fraction of sp³-hybridized carbons (Fsp3) is 0.364. The average molecular weight is 244 g/mol. The maximum atomic E-state index is 12.7. The highest BCUT2D eigenvalue weighted by atomic mass is 19.4. The third kappa shape index (κ3) is 2.89. The van der Waals surface area contributed by atoms with Gasteiger partial charge in [-0.1, -0.05) is 18.2 Å². The van der Waals surface area contributed by atoms with Crippen LogP contribution in [0.25, 0.3) is 0 Å². The molecule has 0 bridgehead atoms. The summed E-state index contributed by atoms with van der Waals surface area (Å²) in [6, 6.07) is 5.75. The van der Waals surface area contributed by atoms with Gasteiger partial charge in [0.25, 0.3) is 6.02 Å². The normalized spacial score (nSPS) is 15.4. The van der Waals surface area contributed by atoms with Gasteiger partial charge in [-0.15, -0.1) is 0 Å². The number of aliphatic imine (C=N–C) groups is 1. The molecule has 0 atom stereocenters. The van der Waals surface area contributed by atoms with E-state index in [1.807, 2.05) is 0 Å². The fourth-order valence-corrected chi connectivity index (χ4v) is 1.56. The minimum atomic E-state index is -4.34. The lowest BCUT2D eigenvalue weighted by molar-refractivity contribution is -0.138. The Morgan fingerprint density at radius 2 is 2.06 bits per heavy atom. The number of hydrogen-bond donors (Lipinski definition) is 1. The van der Waals surface area contributed by atoms with Gasteiger partial charge in [0.05, 0.1) is 12.1 Å². The van der Waals surface area contributed by atoms with Gasteiger partial charge in [-0.25, -0.2) is 4.99 Å². The molecular weight excluding hydrogens is 233 g/mol. The van der Waals surface area contributed by atoms with Gasteiger partial charge in [0.2, 0.25) is 0 Å². The van der Waals surface area contributed by atoms with E-state index in [2.05, 4.69) is 10.3 Å². The largest absolute Gasteiger partial charge is 0.463 e. The molecule has 0 saturated heterocycles. The van der Waals surface area contributed by atoms with Gasteiger partial charge in [0.1, 0.15) is 6.61 Å². The maximum Gasteiger partial charge on any atom is 0.416 e. The Kier molecular flexibility index (Phi) is 3.21. The Morgan fingerprint density at radius 1 is 1.29 bits per heavy atom. The van der Waals surface area contributed by atoms with E-state index in [-0.39, 0.29) is 12.1 Å².